The van der Waals surface area contributed by atoms with Crippen LogP contribution in [0.3, 0.4) is 0 Å². The fourth-order valence-corrected chi connectivity index (χ4v) is 5.16. The summed E-state index contributed by atoms with van der Waals surface area (Å²) in [4.78, 5) is 30.9. The number of benzene rings is 4. The van der Waals surface area contributed by atoms with E-state index in [1.54, 1.807) is 59.2 Å². The fourth-order valence-electron chi connectivity index (χ4n) is 5.16. The molecular formula is C34H32F3N7O3. The van der Waals surface area contributed by atoms with Gasteiger partial charge in [-0.25, -0.2) is 4.98 Å². The summed E-state index contributed by atoms with van der Waals surface area (Å²) in [6.45, 7) is 0.216. The zero-order valence-corrected chi connectivity index (χ0v) is 25.1. The van der Waals surface area contributed by atoms with Crippen molar-refractivity contribution in [3.05, 3.63) is 114 Å². The number of carbonyl (C=O) groups is 2. The number of aromatic nitrogens is 2. The molecule has 0 spiro atoms. The van der Waals surface area contributed by atoms with Gasteiger partial charge in [-0.2, -0.15) is 13.2 Å². The number of hydrogen-bond acceptors (Lipinski definition) is 5. The van der Waals surface area contributed by atoms with Gasteiger partial charge in [-0.3, -0.25) is 15.0 Å². The zero-order valence-electron chi connectivity index (χ0n) is 25.1. The SMILES string of the molecule is N=C(N)NCCC[C@@H](C(N)=O)n1c(-c2ccccc2Oc2ccccc2)nc2cc(C(=O)NCc3cccc(C(F)(F)F)c3)ccc21. The van der Waals surface area contributed by atoms with Crippen LogP contribution in [0.4, 0.5) is 13.2 Å². The van der Waals surface area contributed by atoms with Crippen molar-refractivity contribution in [3.8, 4) is 22.9 Å². The Labute approximate surface area is 268 Å². The van der Waals surface area contributed by atoms with Gasteiger partial charge in [0.15, 0.2) is 5.96 Å². The van der Waals surface area contributed by atoms with Crippen molar-refractivity contribution >= 4 is 28.8 Å². The minimum atomic E-state index is -4.50. The van der Waals surface area contributed by atoms with Crippen molar-refractivity contribution < 1.29 is 27.5 Å². The smallest absolute Gasteiger partial charge is 0.416 e. The van der Waals surface area contributed by atoms with E-state index in [2.05, 4.69) is 10.6 Å². The number of nitrogens with two attached hydrogens (primary N) is 2. The Bertz CT molecular complexity index is 1910. The lowest BCUT2D eigenvalue weighted by molar-refractivity contribution is -0.137. The molecule has 1 aromatic heterocycles. The second-order valence-corrected chi connectivity index (χ2v) is 10.7. The summed E-state index contributed by atoms with van der Waals surface area (Å²) in [6.07, 6.45) is -3.77. The average Bonchev–Trinajstić information content (AvgIpc) is 3.42. The highest BCUT2D eigenvalue weighted by Crippen LogP contribution is 2.37. The number of para-hydroxylation sites is 2. The molecule has 13 heteroatoms. The van der Waals surface area contributed by atoms with Gasteiger partial charge in [0, 0.05) is 18.7 Å². The fraction of sp³-hybridized carbons (Fsp3) is 0.176. The summed E-state index contributed by atoms with van der Waals surface area (Å²) in [5.74, 6) is 0.101. The van der Waals surface area contributed by atoms with E-state index in [0.29, 0.717) is 52.4 Å². The van der Waals surface area contributed by atoms with Crippen LogP contribution in [0.2, 0.25) is 0 Å². The third kappa shape index (κ3) is 7.87. The zero-order chi connectivity index (χ0) is 33.6. The first kappa shape index (κ1) is 32.5. The Balaban J connectivity index is 1.52. The number of ether oxygens (including phenoxy) is 1. The van der Waals surface area contributed by atoms with Crippen LogP contribution in [0.25, 0.3) is 22.4 Å². The molecule has 7 N–H and O–H groups in total. The molecule has 1 heterocycles. The van der Waals surface area contributed by atoms with Crippen molar-refractivity contribution in [2.24, 2.45) is 11.5 Å². The summed E-state index contributed by atoms with van der Waals surface area (Å²) in [6, 6.07) is 25.0. The maximum absolute atomic E-state index is 13.1. The van der Waals surface area contributed by atoms with Gasteiger partial charge in [0.25, 0.3) is 5.91 Å². The second-order valence-electron chi connectivity index (χ2n) is 10.7. The lowest BCUT2D eigenvalue weighted by atomic mass is 10.1. The van der Waals surface area contributed by atoms with E-state index in [-0.39, 0.29) is 24.5 Å². The highest BCUT2D eigenvalue weighted by molar-refractivity contribution is 5.98. The number of carbonyl (C=O) groups excluding carboxylic acids is 2. The minimum absolute atomic E-state index is 0.122. The molecule has 2 amide bonds. The first-order chi connectivity index (χ1) is 22.5. The maximum atomic E-state index is 13.1. The van der Waals surface area contributed by atoms with Gasteiger partial charge in [0.1, 0.15) is 23.4 Å². The quantitative estimate of drug-likeness (QED) is 0.0663. The van der Waals surface area contributed by atoms with Crippen molar-refractivity contribution in [1.29, 1.82) is 5.41 Å². The molecule has 0 aliphatic rings. The Morgan fingerprint density at radius 2 is 1.66 bits per heavy atom. The minimum Gasteiger partial charge on any atom is -0.457 e. The summed E-state index contributed by atoms with van der Waals surface area (Å²) < 4.78 is 47.3. The van der Waals surface area contributed by atoms with E-state index in [1.807, 2.05) is 18.2 Å². The van der Waals surface area contributed by atoms with Crippen LogP contribution in [0, 0.1) is 5.41 Å². The summed E-state index contributed by atoms with van der Waals surface area (Å²) in [7, 11) is 0. The molecule has 4 aromatic carbocycles. The van der Waals surface area contributed by atoms with E-state index < -0.39 is 29.6 Å². The molecule has 0 saturated carbocycles. The number of hydrogen-bond donors (Lipinski definition) is 5. The van der Waals surface area contributed by atoms with Gasteiger partial charge in [0.05, 0.1) is 22.2 Å². The lowest BCUT2D eigenvalue weighted by Gasteiger charge is -2.20. The van der Waals surface area contributed by atoms with Gasteiger partial charge in [-0.1, -0.05) is 42.5 Å². The molecule has 10 nitrogen and oxygen atoms in total. The molecular weight excluding hydrogens is 611 g/mol. The summed E-state index contributed by atoms with van der Waals surface area (Å²) in [5, 5.41) is 12.8. The van der Waals surface area contributed by atoms with E-state index in [9.17, 15) is 22.8 Å². The van der Waals surface area contributed by atoms with Crippen LogP contribution in [0.5, 0.6) is 11.5 Å². The number of primary amides is 1. The number of nitrogens with one attached hydrogen (secondary N) is 3. The number of alkyl halides is 3. The van der Waals surface area contributed by atoms with Gasteiger partial charge >= 0.3 is 6.18 Å². The van der Waals surface area contributed by atoms with Crippen molar-refractivity contribution in [1.82, 2.24) is 20.2 Å². The Hall–Kier alpha value is -5.85. The number of guanidine groups is 1. The molecule has 0 saturated heterocycles. The number of amides is 2. The summed E-state index contributed by atoms with van der Waals surface area (Å²) >= 11 is 0. The monoisotopic (exact) mass is 643 g/mol. The van der Waals surface area contributed by atoms with Crippen LogP contribution in [0.15, 0.2) is 97.1 Å². The first-order valence-corrected chi connectivity index (χ1v) is 14.7. The van der Waals surface area contributed by atoms with Crippen LogP contribution in [0.1, 0.15) is 40.4 Å². The van der Waals surface area contributed by atoms with Crippen molar-refractivity contribution in [2.75, 3.05) is 6.54 Å². The van der Waals surface area contributed by atoms with E-state index in [0.717, 1.165) is 12.1 Å². The highest BCUT2D eigenvalue weighted by Gasteiger charge is 2.30. The topological polar surface area (TPSA) is 161 Å². The second kappa shape index (κ2) is 14.1. The lowest BCUT2D eigenvalue weighted by Crippen LogP contribution is -2.32. The number of fused-ring (bicyclic) bond motifs is 1. The molecule has 47 heavy (non-hydrogen) atoms. The number of rotatable bonds is 12. The third-order valence-electron chi connectivity index (χ3n) is 7.37. The number of imidazole rings is 1. The normalized spacial score (nSPS) is 12.0. The molecule has 0 unspecified atom stereocenters. The van der Waals surface area contributed by atoms with Crippen LogP contribution < -0.4 is 26.8 Å². The van der Waals surface area contributed by atoms with Crippen LogP contribution >= 0.6 is 0 Å². The highest BCUT2D eigenvalue weighted by atomic mass is 19.4. The molecule has 0 radical (unpaired) electrons. The average molecular weight is 644 g/mol. The standard InChI is InChI=1S/C34H32F3N7O3/c35-34(36,37)23-9-6-8-21(18-23)20-42-32(46)22-15-16-27-26(19-22)43-31(44(27)28(30(38)45)13-7-17-41-33(39)40)25-12-4-5-14-29(25)47-24-10-2-1-3-11-24/h1-6,8-12,14-16,18-19,28H,7,13,17,20H2,(H2,38,45)(H,42,46)(H4,39,40,41)/t28-/m0/s1. The first-order valence-electron chi connectivity index (χ1n) is 14.7. The predicted molar refractivity (Wildman–Crippen MR) is 172 cm³/mol. The Morgan fingerprint density at radius 3 is 2.38 bits per heavy atom. The molecule has 0 fully saturated rings. The van der Waals surface area contributed by atoms with E-state index in [1.165, 1.54) is 12.1 Å². The molecule has 0 aliphatic heterocycles. The molecule has 1 atom stereocenters. The number of nitrogens with zero attached hydrogens (tertiary/aromatic N) is 2. The maximum Gasteiger partial charge on any atom is 0.416 e. The van der Waals surface area contributed by atoms with Gasteiger partial charge in [-0.15, -0.1) is 0 Å². The molecule has 0 aliphatic carbocycles. The van der Waals surface area contributed by atoms with Crippen LogP contribution in [-0.2, 0) is 17.5 Å². The van der Waals surface area contributed by atoms with Gasteiger partial charge in [-0.05, 0) is 73.0 Å². The number of halogens is 3. The van der Waals surface area contributed by atoms with Gasteiger partial charge < -0.3 is 31.4 Å². The largest absolute Gasteiger partial charge is 0.457 e. The molecule has 5 aromatic rings. The molecule has 242 valence electrons. The van der Waals surface area contributed by atoms with E-state index in [4.69, 9.17) is 26.6 Å². The molecule has 0 bridgehead atoms. The Kier molecular flexibility index (Phi) is 9.74. The third-order valence-corrected chi connectivity index (χ3v) is 7.37. The van der Waals surface area contributed by atoms with E-state index >= 15 is 0 Å². The molecule has 5 rings (SSSR count). The summed E-state index contributed by atoms with van der Waals surface area (Å²) in [5.41, 5.74) is 12.5. The van der Waals surface area contributed by atoms with Crippen molar-refractivity contribution in [2.45, 2.75) is 31.6 Å². The van der Waals surface area contributed by atoms with Crippen LogP contribution in [-0.4, -0.2) is 33.9 Å². The predicted octanol–water partition coefficient (Wildman–Crippen LogP) is 5.73. The van der Waals surface area contributed by atoms with Gasteiger partial charge in [0.2, 0.25) is 5.91 Å². The van der Waals surface area contributed by atoms with Crippen molar-refractivity contribution in [3.63, 3.8) is 0 Å². The Morgan fingerprint density at radius 1 is 0.915 bits per heavy atom.